The molecule has 5 rings (SSSR count). The van der Waals surface area contributed by atoms with Crippen LogP contribution in [0.25, 0.3) is 44.5 Å². The molecule has 1 aromatic heterocycles. The van der Waals surface area contributed by atoms with Gasteiger partial charge in [-0.25, -0.2) is 4.39 Å². The van der Waals surface area contributed by atoms with Crippen molar-refractivity contribution in [1.29, 1.82) is 0 Å². The number of halogens is 1. The van der Waals surface area contributed by atoms with Crippen molar-refractivity contribution >= 4 is 28.7 Å². The summed E-state index contributed by atoms with van der Waals surface area (Å²) in [6.07, 6.45) is 0. The zero-order chi connectivity index (χ0) is 31.4. The van der Waals surface area contributed by atoms with Gasteiger partial charge in [0.25, 0.3) is 17.7 Å². The monoisotopic (exact) mass is 591 g/mol. The number of hydrogen-bond donors (Lipinski definition) is 3. The molecule has 0 atom stereocenters. The number of furan rings is 1. The lowest BCUT2D eigenvalue weighted by molar-refractivity contribution is 0.0944. The highest BCUT2D eigenvalue weighted by molar-refractivity contribution is 6.12. The van der Waals surface area contributed by atoms with E-state index in [1.54, 1.807) is 43.4 Å². The lowest BCUT2D eigenvalue weighted by Crippen LogP contribution is -2.27. The van der Waals surface area contributed by atoms with Crippen LogP contribution < -0.4 is 16.0 Å². The van der Waals surface area contributed by atoms with Crippen LogP contribution in [-0.4, -0.2) is 37.9 Å². The highest BCUT2D eigenvalue weighted by atomic mass is 19.1. The first-order valence-electron chi connectivity index (χ1n) is 14.6. The number of carbonyl (C=O) groups excluding carboxylic acids is 3. The van der Waals surface area contributed by atoms with Crippen LogP contribution in [0.2, 0.25) is 0 Å². The van der Waals surface area contributed by atoms with Gasteiger partial charge in [0.05, 0.1) is 5.56 Å². The Hall–Kier alpha value is -5.24. The summed E-state index contributed by atoms with van der Waals surface area (Å²) >= 11 is 0. The highest BCUT2D eigenvalue weighted by Gasteiger charge is 2.23. The van der Waals surface area contributed by atoms with Crippen molar-refractivity contribution in [1.82, 2.24) is 16.0 Å². The summed E-state index contributed by atoms with van der Waals surface area (Å²) in [7, 11) is 1.54. The van der Waals surface area contributed by atoms with E-state index in [9.17, 15) is 18.8 Å². The molecular formula is C36H34FN3O4. The molecule has 224 valence electrons. The molecule has 0 radical (unpaired) electrons. The van der Waals surface area contributed by atoms with Gasteiger partial charge in [-0.15, -0.1) is 0 Å². The van der Waals surface area contributed by atoms with Gasteiger partial charge in [0.2, 0.25) is 0 Å². The lowest BCUT2D eigenvalue weighted by atomic mass is 9.92. The zero-order valence-electron chi connectivity index (χ0n) is 25.1. The van der Waals surface area contributed by atoms with E-state index in [1.165, 1.54) is 12.1 Å². The molecule has 0 unspecified atom stereocenters. The summed E-state index contributed by atoms with van der Waals surface area (Å²) in [5.74, 6) is -0.538. The summed E-state index contributed by atoms with van der Waals surface area (Å²) in [5, 5.41) is 9.10. The van der Waals surface area contributed by atoms with E-state index in [0.29, 0.717) is 57.6 Å². The van der Waals surface area contributed by atoms with Crippen LogP contribution in [0, 0.1) is 11.7 Å². The number of carbonyl (C=O) groups is 3. The predicted octanol–water partition coefficient (Wildman–Crippen LogP) is 7.07. The summed E-state index contributed by atoms with van der Waals surface area (Å²) in [5.41, 5.74) is 5.35. The number of benzene rings is 4. The Bertz CT molecular complexity index is 1860. The average Bonchev–Trinajstić information content (AvgIpc) is 3.42. The number of fused-ring (bicyclic) bond motifs is 1. The molecule has 0 aliphatic rings. The number of amides is 3. The molecule has 0 aliphatic heterocycles. The largest absolute Gasteiger partial charge is 0.455 e. The molecular weight excluding hydrogens is 557 g/mol. The SMILES string of the molecule is CCNC(=O)c1cccc(-c2ccc(-c3ccc4oc(-c5ccc(F)cc5)c(C(=O)NC)c4c3)cc2C(=O)NCC(C)C)c1. The fourth-order valence-corrected chi connectivity index (χ4v) is 5.08. The molecule has 0 saturated heterocycles. The molecule has 0 fully saturated rings. The predicted molar refractivity (Wildman–Crippen MR) is 171 cm³/mol. The maximum Gasteiger partial charge on any atom is 0.255 e. The normalized spacial score (nSPS) is 11.0. The third-order valence-corrected chi connectivity index (χ3v) is 7.29. The van der Waals surface area contributed by atoms with Crippen LogP contribution in [0.4, 0.5) is 4.39 Å². The smallest absolute Gasteiger partial charge is 0.255 e. The van der Waals surface area contributed by atoms with Gasteiger partial charge in [-0.1, -0.05) is 44.2 Å². The first kappa shape index (κ1) is 30.2. The van der Waals surface area contributed by atoms with Crippen molar-refractivity contribution in [2.24, 2.45) is 5.92 Å². The van der Waals surface area contributed by atoms with Crippen LogP contribution in [-0.2, 0) is 0 Å². The van der Waals surface area contributed by atoms with Gasteiger partial charge in [-0.05, 0) is 89.7 Å². The van der Waals surface area contributed by atoms with E-state index in [2.05, 4.69) is 16.0 Å². The fourth-order valence-electron chi connectivity index (χ4n) is 5.08. The second kappa shape index (κ2) is 13.0. The van der Waals surface area contributed by atoms with Crippen LogP contribution in [0.15, 0.2) is 89.3 Å². The van der Waals surface area contributed by atoms with Gasteiger partial charge < -0.3 is 20.4 Å². The van der Waals surface area contributed by atoms with E-state index in [0.717, 1.165) is 16.7 Å². The van der Waals surface area contributed by atoms with Crippen LogP contribution >= 0.6 is 0 Å². The van der Waals surface area contributed by atoms with Crippen LogP contribution in [0.5, 0.6) is 0 Å². The van der Waals surface area contributed by atoms with Crippen molar-refractivity contribution < 1.29 is 23.2 Å². The fraction of sp³-hybridized carbons (Fsp3) is 0.194. The van der Waals surface area contributed by atoms with Gasteiger partial charge in [0.1, 0.15) is 17.2 Å². The third kappa shape index (κ3) is 6.24. The Morgan fingerprint density at radius 2 is 1.48 bits per heavy atom. The Kier molecular flexibility index (Phi) is 8.90. The Balaban J connectivity index is 1.63. The maximum absolute atomic E-state index is 13.6. The summed E-state index contributed by atoms with van der Waals surface area (Å²) in [6, 6.07) is 24.1. The minimum atomic E-state index is -0.388. The van der Waals surface area contributed by atoms with Crippen LogP contribution in [0.1, 0.15) is 51.8 Å². The van der Waals surface area contributed by atoms with Crippen molar-refractivity contribution in [3.05, 3.63) is 107 Å². The van der Waals surface area contributed by atoms with E-state index in [1.807, 2.05) is 57.2 Å². The van der Waals surface area contributed by atoms with E-state index >= 15 is 0 Å². The van der Waals surface area contributed by atoms with E-state index in [4.69, 9.17) is 4.42 Å². The second-order valence-electron chi connectivity index (χ2n) is 10.9. The van der Waals surface area contributed by atoms with Crippen molar-refractivity contribution in [3.8, 4) is 33.6 Å². The van der Waals surface area contributed by atoms with Crippen molar-refractivity contribution in [2.75, 3.05) is 20.1 Å². The highest BCUT2D eigenvalue weighted by Crippen LogP contribution is 2.37. The minimum Gasteiger partial charge on any atom is -0.455 e. The molecule has 7 nitrogen and oxygen atoms in total. The molecule has 8 heteroatoms. The Morgan fingerprint density at radius 3 is 2.18 bits per heavy atom. The summed E-state index contributed by atoms with van der Waals surface area (Å²) < 4.78 is 19.7. The molecule has 0 bridgehead atoms. The van der Waals surface area contributed by atoms with E-state index in [-0.39, 0.29) is 29.5 Å². The first-order valence-corrected chi connectivity index (χ1v) is 14.6. The molecule has 5 aromatic rings. The molecule has 0 saturated carbocycles. The quantitative estimate of drug-likeness (QED) is 0.171. The molecule has 1 heterocycles. The second-order valence-corrected chi connectivity index (χ2v) is 10.9. The summed E-state index contributed by atoms with van der Waals surface area (Å²) in [4.78, 5) is 39.1. The van der Waals surface area contributed by atoms with Gasteiger partial charge in [-0.2, -0.15) is 0 Å². The minimum absolute atomic E-state index is 0.183. The average molecular weight is 592 g/mol. The maximum atomic E-state index is 13.6. The molecule has 0 aliphatic carbocycles. The van der Waals surface area contributed by atoms with Crippen molar-refractivity contribution in [2.45, 2.75) is 20.8 Å². The van der Waals surface area contributed by atoms with Gasteiger partial charge in [0, 0.05) is 42.2 Å². The van der Waals surface area contributed by atoms with E-state index < -0.39 is 0 Å². The number of rotatable bonds is 9. The van der Waals surface area contributed by atoms with Gasteiger partial charge in [-0.3, -0.25) is 14.4 Å². The lowest BCUT2D eigenvalue weighted by Gasteiger charge is -2.15. The Labute approximate surface area is 255 Å². The summed E-state index contributed by atoms with van der Waals surface area (Å²) in [6.45, 7) is 6.92. The topological polar surface area (TPSA) is 100 Å². The molecule has 3 amide bonds. The Morgan fingerprint density at radius 1 is 0.773 bits per heavy atom. The molecule has 4 aromatic carbocycles. The van der Waals surface area contributed by atoms with Gasteiger partial charge >= 0.3 is 0 Å². The van der Waals surface area contributed by atoms with Crippen molar-refractivity contribution in [3.63, 3.8) is 0 Å². The van der Waals surface area contributed by atoms with Crippen LogP contribution in [0.3, 0.4) is 0 Å². The number of nitrogens with one attached hydrogen (secondary N) is 3. The third-order valence-electron chi connectivity index (χ3n) is 7.29. The number of hydrogen-bond acceptors (Lipinski definition) is 4. The first-order chi connectivity index (χ1) is 21.2. The standard InChI is InChI=1S/C36H34FN3O4/c1-5-39-34(41)26-8-6-7-25(17-26)28-15-11-23(18-29(28)35(42)40-20-21(2)3)24-12-16-31-30(19-24)32(36(43)38-4)33(44-31)22-9-13-27(37)14-10-22/h6-19,21H,5,20H2,1-4H3,(H,38,43)(H,39,41)(H,40,42). The van der Waals surface area contributed by atoms with Gasteiger partial charge in [0.15, 0.2) is 0 Å². The molecule has 3 N–H and O–H groups in total. The zero-order valence-corrected chi connectivity index (χ0v) is 25.1. The molecule has 0 spiro atoms. The molecule has 44 heavy (non-hydrogen) atoms.